The molecule has 0 aromatic carbocycles. The van der Waals surface area contributed by atoms with Crippen LogP contribution in [0.1, 0.15) is 38.4 Å². The number of likely N-dealkylation sites (tertiary alicyclic amines) is 1. The molecule has 1 saturated heterocycles. The molecule has 100 valence electrons. The van der Waals surface area contributed by atoms with Gasteiger partial charge in [-0.25, -0.2) is 0 Å². The van der Waals surface area contributed by atoms with Gasteiger partial charge >= 0.3 is 0 Å². The molecule has 1 aliphatic heterocycles. The smallest absolute Gasteiger partial charge is 0.0575 e. The molecule has 1 aromatic heterocycles. The van der Waals surface area contributed by atoms with Gasteiger partial charge in [-0.2, -0.15) is 0 Å². The van der Waals surface area contributed by atoms with Gasteiger partial charge in [0.05, 0.1) is 5.69 Å². The van der Waals surface area contributed by atoms with Crippen LogP contribution in [0.2, 0.25) is 0 Å². The van der Waals surface area contributed by atoms with Crippen LogP contribution in [-0.4, -0.2) is 35.1 Å². The van der Waals surface area contributed by atoms with E-state index in [1.54, 1.807) is 0 Å². The van der Waals surface area contributed by atoms with Crippen molar-refractivity contribution in [2.24, 2.45) is 0 Å². The molecule has 18 heavy (non-hydrogen) atoms. The first-order valence-corrected chi connectivity index (χ1v) is 7.10. The van der Waals surface area contributed by atoms with Crippen LogP contribution in [0.25, 0.3) is 0 Å². The summed E-state index contributed by atoms with van der Waals surface area (Å²) in [7, 11) is 0. The summed E-state index contributed by atoms with van der Waals surface area (Å²) >= 11 is 0. The normalized spacial score (nSPS) is 20.8. The highest BCUT2D eigenvalue weighted by atomic mass is 15.2. The fourth-order valence-electron chi connectivity index (χ4n) is 2.73. The zero-order chi connectivity index (χ0) is 13.0. The summed E-state index contributed by atoms with van der Waals surface area (Å²) in [6.07, 6.45) is 4.24. The van der Waals surface area contributed by atoms with E-state index in [0.717, 1.165) is 19.5 Å². The second-order valence-electron chi connectivity index (χ2n) is 5.50. The van der Waals surface area contributed by atoms with Crippen LogP contribution in [0.3, 0.4) is 0 Å². The van der Waals surface area contributed by atoms with Crippen LogP contribution >= 0.6 is 0 Å². The lowest BCUT2D eigenvalue weighted by atomic mass is 10.1. The van der Waals surface area contributed by atoms with Gasteiger partial charge in [0.1, 0.15) is 0 Å². The van der Waals surface area contributed by atoms with E-state index in [1.165, 1.54) is 24.2 Å². The monoisotopic (exact) mass is 247 g/mol. The molecular formula is C15H25N3. The van der Waals surface area contributed by atoms with Gasteiger partial charge in [0.2, 0.25) is 0 Å². The van der Waals surface area contributed by atoms with E-state index in [1.807, 2.05) is 12.3 Å². The van der Waals surface area contributed by atoms with Gasteiger partial charge in [-0.05, 0) is 24.5 Å². The highest BCUT2D eigenvalue weighted by Crippen LogP contribution is 2.15. The maximum atomic E-state index is 4.54. The number of hydrogen-bond donors (Lipinski definition) is 1. The molecule has 3 nitrogen and oxygen atoms in total. The van der Waals surface area contributed by atoms with Crippen molar-refractivity contribution in [3.63, 3.8) is 0 Å². The lowest BCUT2D eigenvalue weighted by Crippen LogP contribution is -2.36. The minimum absolute atomic E-state index is 0.580. The van der Waals surface area contributed by atoms with E-state index in [4.69, 9.17) is 0 Å². The van der Waals surface area contributed by atoms with Crippen molar-refractivity contribution in [2.75, 3.05) is 13.1 Å². The van der Waals surface area contributed by atoms with E-state index in [-0.39, 0.29) is 0 Å². The fraction of sp³-hybridized carbons (Fsp3) is 0.667. The van der Waals surface area contributed by atoms with Crippen LogP contribution in [-0.2, 0) is 13.0 Å². The number of rotatable bonds is 5. The number of aryl methyl sites for hydroxylation is 1. The number of hydrogen-bond acceptors (Lipinski definition) is 3. The summed E-state index contributed by atoms with van der Waals surface area (Å²) in [6.45, 7) is 9.98. The van der Waals surface area contributed by atoms with Crippen LogP contribution < -0.4 is 5.32 Å². The minimum atomic E-state index is 0.580. The molecule has 2 heterocycles. The highest BCUT2D eigenvalue weighted by Gasteiger charge is 2.23. The van der Waals surface area contributed by atoms with Crippen molar-refractivity contribution < 1.29 is 0 Å². The van der Waals surface area contributed by atoms with E-state index in [2.05, 4.69) is 42.0 Å². The van der Waals surface area contributed by atoms with Crippen molar-refractivity contribution in [2.45, 2.75) is 52.2 Å². The fourth-order valence-corrected chi connectivity index (χ4v) is 2.73. The summed E-state index contributed by atoms with van der Waals surface area (Å²) in [5.41, 5.74) is 2.64. The standard InChI is InChI=1S/C15H25N3/c1-4-13-6-5-8-16-15(13)11-18-9-7-14(10-18)17-12(2)3/h5-6,8,12,14,17H,4,7,9-11H2,1-3H3. The molecule has 1 aromatic rings. The predicted molar refractivity (Wildman–Crippen MR) is 75.6 cm³/mol. The topological polar surface area (TPSA) is 28.2 Å². The number of pyridine rings is 1. The summed E-state index contributed by atoms with van der Waals surface area (Å²) < 4.78 is 0. The van der Waals surface area contributed by atoms with Gasteiger partial charge in [-0.1, -0.05) is 26.8 Å². The Morgan fingerprint density at radius 2 is 2.33 bits per heavy atom. The SMILES string of the molecule is CCc1cccnc1CN1CCC(NC(C)C)C1. The molecule has 0 saturated carbocycles. The van der Waals surface area contributed by atoms with Crippen molar-refractivity contribution in [3.05, 3.63) is 29.6 Å². The van der Waals surface area contributed by atoms with Gasteiger partial charge < -0.3 is 5.32 Å². The Kier molecular flexibility index (Phi) is 4.72. The molecule has 1 fully saturated rings. The van der Waals surface area contributed by atoms with E-state index in [9.17, 15) is 0 Å². The first-order chi connectivity index (χ1) is 8.69. The summed E-state index contributed by atoms with van der Waals surface area (Å²) in [5, 5.41) is 3.62. The number of nitrogens with one attached hydrogen (secondary N) is 1. The Morgan fingerprint density at radius 3 is 3.06 bits per heavy atom. The van der Waals surface area contributed by atoms with Gasteiger partial charge in [-0.3, -0.25) is 9.88 Å². The molecule has 1 N–H and O–H groups in total. The van der Waals surface area contributed by atoms with Crippen molar-refractivity contribution >= 4 is 0 Å². The molecule has 3 heteroatoms. The molecule has 0 amide bonds. The first kappa shape index (κ1) is 13.5. The minimum Gasteiger partial charge on any atom is -0.310 e. The Labute approximate surface area is 111 Å². The van der Waals surface area contributed by atoms with E-state index < -0.39 is 0 Å². The predicted octanol–water partition coefficient (Wildman–Crippen LogP) is 2.22. The van der Waals surface area contributed by atoms with E-state index >= 15 is 0 Å². The average molecular weight is 247 g/mol. The molecule has 0 bridgehead atoms. The molecule has 1 atom stereocenters. The van der Waals surface area contributed by atoms with Crippen molar-refractivity contribution in [1.29, 1.82) is 0 Å². The molecule has 0 radical (unpaired) electrons. The zero-order valence-corrected chi connectivity index (χ0v) is 11.8. The van der Waals surface area contributed by atoms with Gasteiger partial charge in [-0.15, -0.1) is 0 Å². The summed E-state index contributed by atoms with van der Waals surface area (Å²) in [5.74, 6) is 0. The second-order valence-corrected chi connectivity index (χ2v) is 5.50. The first-order valence-electron chi connectivity index (χ1n) is 7.10. The zero-order valence-electron chi connectivity index (χ0n) is 11.8. The third kappa shape index (κ3) is 3.53. The Bertz CT molecular complexity index is 376. The lowest BCUT2D eigenvalue weighted by Gasteiger charge is -2.19. The highest BCUT2D eigenvalue weighted by molar-refractivity contribution is 5.19. The van der Waals surface area contributed by atoms with E-state index in [0.29, 0.717) is 12.1 Å². The number of nitrogens with zero attached hydrogens (tertiary/aromatic N) is 2. The Hall–Kier alpha value is -0.930. The molecular weight excluding hydrogens is 222 g/mol. The maximum Gasteiger partial charge on any atom is 0.0575 e. The van der Waals surface area contributed by atoms with Crippen LogP contribution in [0.4, 0.5) is 0 Å². The van der Waals surface area contributed by atoms with Crippen molar-refractivity contribution in [3.8, 4) is 0 Å². The molecule has 1 aliphatic rings. The quantitative estimate of drug-likeness (QED) is 0.864. The Morgan fingerprint density at radius 1 is 1.50 bits per heavy atom. The lowest BCUT2D eigenvalue weighted by molar-refractivity contribution is 0.312. The van der Waals surface area contributed by atoms with Crippen molar-refractivity contribution in [1.82, 2.24) is 15.2 Å². The molecule has 1 unspecified atom stereocenters. The molecule has 2 rings (SSSR count). The Balaban J connectivity index is 1.91. The molecule has 0 spiro atoms. The number of aromatic nitrogens is 1. The van der Waals surface area contributed by atoms with Crippen LogP contribution in [0, 0.1) is 0 Å². The second kappa shape index (κ2) is 6.30. The van der Waals surface area contributed by atoms with Crippen LogP contribution in [0.15, 0.2) is 18.3 Å². The van der Waals surface area contributed by atoms with Gasteiger partial charge in [0.15, 0.2) is 0 Å². The third-order valence-corrected chi connectivity index (χ3v) is 3.58. The largest absolute Gasteiger partial charge is 0.310 e. The van der Waals surface area contributed by atoms with Gasteiger partial charge in [0, 0.05) is 37.9 Å². The van der Waals surface area contributed by atoms with Crippen LogP contribution in [0.5, 0.6) is 0 Å². The maximum absolute atomic E-state index is 4.54. The van der Waals surface area contributed by atoms with Gasteiger partial charge in [0.25, 0.3) is 0 Å². The summed E-state index contributed by atoms with van der Waals surface area (Å²) in [6, 6.07) is 5.47. The average Bonchev–Trinajstić information content (AvgIpc) is 2.76. The molecule has 0 aliphatic carbocycles. The summed E-state index contributed by atoms with van der Waals surface area (Å²) in [4.78, 5) is 7.05. The third-order valence-electron chi connectivity index (χ3n) is 3.58.